The summed E-state index contributed by atoms with van der Waals surface area (Å²) in [6.07, 6.45) is 6.15. The summed E-state index contributed by atoms with van der Waals surface area (Å²) in [5, 5.41) is 2.12. The van der Waals surface area contributed by atoms with E-state index in [0.717, 1.165) is 10.7 Å². The van der Waals surface area contributed by atoms with E-state index in [9.17, 15) is 0 Å². The summed E-state index contributed by atoms with van der Waals surface area (Å²) in [7, 11) is 2.02. The number of aryl methyl sites for hydroxylation is 1. The van der Waals surface area contributed by atoms with Crippen LogP contribution in [0.4, 0.5) is 0 Å². The maximum Gasteiger partial charge on any atom is 0.194 e. The summed E-state index contributed by atoms with van der Waals surface area (Å²) < 4.78 is 4.14. The molecule has 4 nitrogen and oxygen atoms in total. The molecule has 0 unspecified atom stereocenters. The minimum atomic E-state index is 0.489. The highest BCUT2D eigenvalue weighted by atomic mass is 32.1. The van der Waals surface area contributed by atoms with Gasteiger partial charge in [0.2, 0.25) is 0 Å². The number of hydrogen-bond donors (Lipinski definition) is 1. The SMILES string of the molecule is Cn1ccc(-c2csc3nc(CN)cn23)c1. The van der Waals surface area contributed by atoms with Gasteiger partial charge < -0.3 is 10.3 Å². The van der Waals surface area contributed by atoms with Gasteiger partial charge in [-0.05, 0) is 6.07 Å². The molecule has 5 heteroatoms. The van der Waals surface area contributed by atoms with Crippen molar-refractivity contribution in [2.45, 2.75) is 6.54 Å². The lowest BCUT2D eigenvalue weighted by Crippen LogP contribution is -1.95. The Labute approximate surface area is 97.0 Å². The van der Waals surface area contributed by atoms with E-state index in [-0.39, 0.29) is 0 Å². The summed E-state index contributed by atoms with van der Waals surface area (Å²) in [6.45, 7) is 0.489. The van der Waals surface area contributed by atoms with E-state index in [1.165, 1.54) is 11.3 Å². The highest BCUT2D eigenvalue weighted by Crippen LogP contribution is 2.26. The molecule has 3 aromatic rings. The van der Waals surface area contributed by atoms with Gasteiger partial charge in [0.25, 0.3) is 0 Å². The molecule has 16 heavy (non-hydrogen) atoms. The summed E-state index contributed by atoms with van der Waals surface area (Å²) >= 11 is 1.64. The minimum Gasteiger partial charge on any atom is -0.357 e. The van der Waals surface area contributed by atoms with Gasteiger partial charge in [-0.3, -0.25) is 4.40 Å². The molecule has 3 rings (SSSR count). The molecule has 0 bridgehead atoms. The van der Waals surface area contributed by atoms with Crippen LogP contribution in [-0.2, 0) is 13.6 Å². The summed E-state index contributed by atoms with van der Waals surface area (Å²) in [6, 6.07) is 2.10. The van der Waals surface area contributed by atoms with E-state index in [0.29, 0.717) is 6.54 Å². The number of fused-ring (bicyclic) bond motifs is 1. The Kier molecular flexibility index (Phi) is 2.08. The molecule has 0 saturated heterocycles. The number of imidazole rings is 1. The lowest BCUT2D eigenvalue weighted by Gasteiger charge is -1.94. The molecule has 0 atom stereocenters. The van der Waals surface area contributed by atoms with Gasteiger partial charge >= 0.3 is 0 Å². The van der Waals surface area contributed by atoms with Crippen molar-refractivity contribution in [3.8, 4) is 11.3 Å². The van der Waals surface area contributed by atoms with E-state index >= 15 is 0 Å². The first-order valence-electron chi connectivity index (χ1n) is 5.06. The van der Waals surface area contributed by atoms with Gasteiger partial charge in [0, 0.05) is 43.1 Å². The van der Waals surface area contributed by atoms with Crippen molar-refractivity contribution in [3.63, 3.8) is 0 Å². The topological polar surface area (TPSA) is 48.2 Å². The van der Waals surface area contributed by atoms with Crippen LogP contribution in [0.25, 0.3) is 16.2 Å². The van der Waals surface area contributed by atoms with Crippen molar-refractivity contribution >= 4 is 16.3 Å². The fraction of sp³-hybridized carbons (Fsp3) is 0.182. The van der Waals surface area contributed by atoms with E-state index < -0.39 is 0 Å². The van der Waals surface area contributed by atoms with Gasteiger partial charge in [-0.15, -0.1) is 11.3 Å². The second kappa shape index (κ2) is 3.47. The Morgan fingerprint density at radius 1 is 1.44 bits per heavy atom. The molecule has 0 spiro atoms. The fourth-order valence-electron chi connectivity index (χ4n) is 1.79. The van der Waals surface area contributed by atoms with Crippen LogP contribution in [0, 0.1) is 0 Å². The predicted octanol–water partition coefficient (Wildman–Crippen LogP) is 1.86. The summed E-state index contributed by atoms with van der Waals surface area (Å²) in [4.78, 5) is 5.43. The van der Waals surface area contributed by atoms with Crippen LogP contribution < -0.4 is 5.73 Å². The van der Waals surface area contributed by atoms with Gasteiger partial charge in [0.15, 0.2) is 4.96 Å². The number of aromatic nitrogens is 3. The molecule has 0 fully saturated rings. The zero-order valence-corrected chi connectivity index (χ0v) is 9.74. The number of nitrogens with two attached hydrogens (primary N) is 1. The molecule has 0 radical (unpaired) electrons. The normalized spacial score (nSPS) is 11.4. The second-order valence-electron chi connectivity index (χ2n) is 3.78. The Hall–Kier alpha value is -1.59. The molecule has 3 aromatic heterocycles. The van der Waals surface area contributed by atoms with Crippen LogP contribution in [0.5, 0.6) is 0 Å². The fourth-order valence-corrected chi connectivity index (χ4v) is 2.69. The third-order valence-corrected chi connectivity index (χ3v) is 3.44. The molecule has 82 valence electrons. The van der Waals surface area contributed by atoms with Gasteiger partial charge in [-0.2, -0.15) is 0 Å². The third kappa shape index (κ3) is 1.36. The highest BCUT2D eigenvalue weighted by Gasteiger charge is 2.09. The molecule has 0 aliphatic heterocycles. The lowest BCUT2D eigenvalue weighted by atomic mass is 10.3. The zero-order chi connectivity index (χ0) is 11.1. The monoisotopic (exact) mass is 232 g/mol. The molecular weight excluding hydrogens is 220 g/mol. The van der Waals surface area contributed by atoms with Crippen LogP contribution in [-0.4, -0.2) is 14.0 Å². The minimum absolute atomic E-state index is 0.489. The van der Waals surface area contributed by atoms with Crippen molar-refractivity contribution in [2.24, 2.45) is 12.8 Å². The standard InChI is InChI=1S/C11H12N4S/c1-14-3-2-8(5-14)10-7-16-11-13-9(4-12)6-15(10)11/h2-3,5-7H,4,12H2,1H3. The maximum absolute atomic E-state index is 5.59. The van der Waals surface area contributed by atoms with E-state index in [1.54, 1.807) is 11.3 Å². The van der Waals surface area contributed by atoms with E-state index in [4.69, 9.17) is 5.73 Å². The van der Waals surface area contributed by atoms with Crippen LogP contribution in [0.2, 0.25) is 0 Å². The van der Waals surface area contributed by atoms with Crippen LogP contribution in [0.3, 0.4) is 0 Å². The quantitative estimate of drug-likeness (QED) is 0.733. The second-order valence-corrected chi connectivity index (χ2v) is 4.61. The Morgan fingerprint density at radius 2 is 2.31 bits per heavy atom. The smallest absolute Gasteiger partial charge is 0.194 e. The van der Waals surface area contributed by atoms with Crippen molar-refractivity contribution < 1.29 is 0 Å². The highest BCUT2D eigenvalue weighted by molar-refractivity contribution is 7.15. The van der Waals surface area contributed by atoms with Crippen molar-refractivity contribution in [3.05, 3.63) is 35.7 Å². The van der Waals surface area contributed by atoms with Crippen molar-refractivity contribution in [1.29, 1.82) is 0 Å². The lowest BCUT2D eigenvalue weighted by molar-refractivity contribution is 0.928. The molecule has 2 N–H and O–H groups in total. The molecule has 3 heterocycles. The maximum atomic E-state index is 5.59. The van der Waals surface area contributed by atoms with Crippen molar-refractivity contribution in [1.82, 2.24) is 14.0 Å². The Balaban J connectivity index is 2.19. The summed E-state index contributed by atoms with van der Waals surface area (Å²) in [5.74, 6) is 0. The number of hydrogen-bond acceptors (Lipinski definition) is 3. The predicted molar refractivity (Wildman–Crippen MR) is 65.4 cm³/mol. The average molecular weight is 232 g/mol. The first kappa shape index (κ1) is 9.62. The van der Waals surface area contributed by atoms with Gasteiger partial charge in [0.05, 0.1) is 11.4 Å². The number of thiazole rings is 1. The first-order chi connectivity index (χ1) is 7.78. The largest absolute Gasteiger partial charge is 0.357 e. The van der Waals surface area contributed by atoms with Crippen LogP contribution in [0.1, 0.15) is 5.69 Å². The summed E-state index contributed by atoms with van der Waals surface area (Å²) in [5.41, 5.74) is 8.90. The first-order valence-corrected chi connectivity index (χ1v) is 5.94. The molecule has 0 aromatic carbocycles. The average Bonchev–Trinajstić information content (AvgIpc) is 2.91. The van der Waals surface area contributed by atoms with Gasteiger partial charge in [-0.25, -0.2) is 4.98 Å². The van der Waals surface area contributed by atoms with Gasteiger partial charge in [-0.1, -0.05) is 0 Å². The Morgan fingerprint density at radius 3 is 3.00 bits per heavy atom. The van der Waals surface area contributed by atoms with Crippen LogP contribution in [0.15, 0.2) is 30.0 Å². The van der Waals surface area contributed by atoms with E-state index in [2.05, 4.69) is 27.0 Å². The number of nitrogens with zero attached hydrogens (tertiary/aromatic N) is 3. The molecule has 0 amide bonds. The van der Waals surface area contributed by atoms with E-state index in [1.807, 2.05) is 24.0 Å². The molecule has 0 aliphatic rings. The van der Waals surface area contributed by atoms with Crippen molar-refractivity contribution in [2.75, 3.05) is 0 Å². The Bertz CT molecular complexity index is 631. The molecular formula is C11H12N4S. The van der Waals surface area contributed by atoms with Gasteiger partial charge in [0.1, 0.15) is 0 Å². The number of rotatable bonds is 2. The molecule has 0 aliphatic carbocycles. The third-order valence-electron chi connectivity index (χ3n) is 2.60. The van der Waals surface area contributed by atoms with Crippen LogP contribution >= 0.6 is 11.3 Å². The zero-order valence-electron chi connectivity index (χ0n) is 8.92. The molecule has 0 saturated carbocycles.